The molecule has 0 saturated heterocycles. The van der Waals surface area contributed by atoms with Crippen LogP contribution in [-0.2, 0) is 4.79 Å². The van der Waals surface area contributed by atoms with Crippen LogP contribution in [0.25, 0.3) is 0 Å². The van der Waals surface area contributed by atoms with Gasteiger partial charge in [-0.25, -0.2) is 0 Å². The van der Waals surface area contributed by atoms with Crippen molar-refractivity contribution in [3.05, 3.63) is 54.6 Å². The molecule has 19 heavy (non-hydrogen) atoms. The highest BCUT2D eigenvalue weighted by Crippen LogP contribution is 2.26. The predicted octanol–water partition coefficient (Wildman–Crippen LogP) is 2.32. The van der Waals surface area contributed by atoms with Crippen molar-refractivity contribution in [1.82, 2.24) is 0 Å². The van der Waals surface area contributed by atoms with Gasteiger partial charge in [0.25, 0.3) is 0 Å². The molecule has 4 nitrogen and oxygen atoms in total. The molecular formula is C15H16N2O2. The number of methoxy groups -OCH3 is 1. The van der Waals surface area contributed by atoms with Gasteiger partial charge in [-0.1, -0.05) is 18.2 Å². The summed E-state index contributed by atoms with van der Waals surface area (Å²) in [6.07, 6.45) is 0. The van der Waals surface area contributed by atoms with Crippen molar-refractivity contribution in [2.75, 3.05) is 18.6 Å². The highest BCUT2D eigenvalue weighted by Gasteiger charge is 2.11. The van der Waals surface area contributed by atoms with Crippen LogP contribution in [0.4, 0.5) is 11.4 Å². The lowest BCUT2D eigenvalue weighted by Crippen LogP contribution is -2.30. The number of ether oxygens (including phenoxy) is 1. The van der Waals surface area contributed by atoms with Crippen molar-refractivity contribution in [3.63, 3.8) is 0 Å². The van der Waals surface area contributed by atoms with E-state index in [4.69, 9.17) is 10.5 Å². The number of anilines is 2. The van der Waals surface area contributed by atoms with Gasteiger partial charge in [0.1, 0.15) is 12.3 Å². The molecule has 0 aliphatic carbocycles. The van der Waals surface area contributed by atoms with Gasteiger partial charge in [0.15, 0.2) is 0 Å². The Balaban J connectivity index is 2.34. The van der Waals surface area contributed by atoms with E-state index in [9.17, 15) is 4.79 Å². The van der Waals surface area contributed by atoms with E-state index in [0.29, 0.717) is 0 Å². The van der Waals surface area contributed by atoms with Crippen LogP contribution < -0.4 is 15.4 Å². The van der Waals surface area contributed by atoms with Crippen molar-refractivity contribution >= 4 is 17.3 Å². The van der Waals surface area contributed by atoms with Gasteiger partial charge in [-0.3, -0.25) is 4.79 Å². The summed E-state index contributed by atoms with van der Waals surface area (Å²) in [5.74, 6) is 0.399. The Bertz CT molecular complexity index is 538. The Labute approximate surface area is 112 Å². The van der Waals surface area contributed by atoms with E-state index < -0.39 is 0 Å². The van der Waals surface area contributed by atoms with Gasteiger partial charge in [-0.2, -0.15) is 0 Å². The summed E-state index contributed by atoms with van der Waals surface area (Å²) in [5.41, 5.74) is 7.14. The number of carbonyl (C=O) groups is 1. The molecule has 4 heteroatoms. The molecule has 0 aliphatic heterocycles. The van der Waals surface area contributed by atoms with Crippen LogP contribution in [0.3, 0.4) is 0 Å². The number of nitrogens with zero attached hydrogens (tertiary/aromatic N) is 1. The second-order valence-electron chi connectivity index (χ2n) is 4.09. The van der Waals surface area contributed by atoms with E-state index in [2.05, 4.69) is 0 Å². The van der Waals surface area contributed by atoms with Crippen LogP contribution in [0.2, 0.25) is 0 Å². The normalized spacial score (nSPS) is 9.95. The van der Waals surface area contributed by atoms with Crippen molar-refractivity contribution in [2.45, 2.75) is 0 Å². The Hall–Kier alpha value is -2.49. The van der Waals surface area contributed by atoms with Gasteiger partial charge in [0.2, 0.25) is 5.91 Å². The first-order valence-electron chi connectivity index (χ1n) is 5.95. The summed E-state index contributed by atoms with van der Waals surface area (Å²) in [7, 11) is 1.62. The van der Waals surface area contributed by atoms with Crippen molar-refractivity contribution in [3.8, 4) is 5.75 Å². The fraction of sp³-hybridized carbons (Fsp3) is 0.133. The number of carbonyl (C=O) groups excluding carboxylic acids is 1. The van der Waals surface area contributed by atoms with Gasteiger partial charge >= 0.3 is 0 Å². The Morgan fingerprint density at radius 3 is 2.16 bits per heavy atom. The van der Waals surface area contributed by atoms with Gasteiger partial charge in [-0.15, -0.1) is 0 Å². The maximum atomic E-state index is 11.2. The summed E-state index contributed by atoms with van der Waals surface area (Å²) in [6, 6.07) is 17.2. The average molecular weight is 256 g/mol. The third kappa shape index (κ3) is 3.25. The molecule has 2 aromatic rings. The Kier molecular flexibility index (Phi) is 4.03. The molecule has 0 unspecified atom stereocenters. The number of primary amides is 1. The molecule has 2 N–H and O–H groups in total. The molecule has 0 saturated carbocycles. The maximum Gasteiger partial charge on any atom is 0.237 e. The molecule has 0 atom stereocenters. The summed E-state index contributed by atoms with van der Waals surface area (Å²) in [5, 5.41) is 0. The van der Waals surface area contributed by atoms with Crippen molar-refractivity contribution in [2.24, 2.45) is 5.73 Å². The third-order valence-corrected chi connectivity index (χ3v) is 2.77. The van der Waals surface area contributed by atoms with Gasteiger partial charge in [-0.05, 0) is 36.4 Å². The number of benzene rings is 2. The maximum absolute atomic E-state index is 11.2. The molecular weight excluding hydrogens is 240 g/mol. The van der Waals surface area contributed by atoms with Crippen LogP contribution in [0.1, 0.15) is 0 Å². The highest BCUT2D eigenvalue weighted by molar-refractivity contribution is 5.83. The van der Waals surface area contributed by atoms with E-state index in [0.717, 1.165) is 17.1 Å². The molecule has 1 amide bonds. The monoisotopic (exact) mass is 256 g/mol. The SMILES string of the molecule is COc1ccc(N(CC(N)=O)c2ccccc2)cc1. The minimum absolute atomic E-state index is 0.135. The summed E-state index contributed by atoms with van der Waals surface area (Å²) >= 11 is 0. The zero-order chi connectivity index (χ0) is 13.7. The topological polar surface area (TPSA) is 55.6 Å². The van der Waals surface area contributed by atoms with Crippen LogP contribution in [0.15, 0.2) is 54.6 Å². The largest absolute Gasteiger partial charge is 0.497 e. The van der Waals surface area contributed by atoms with Gasteiger partial charge in [0, 0.05) is 11.4 Å². The number of hydrogen-bond acceptors (Lipinski definition) is 3. The fourth-order valence-corrected chi connectivity index (χ4v) is 1.86. The van der Waals surface area contributed by atoms with Crippen LogP contribution in [0, 0.1) is 0 Å². The van der Waals surface area contributed by atoms with Gasteiger partial charge in [0.05, 0.1) is 7.11 Å². The van der Waals surface area contributed by atoms with Crippen LogP contribution in [-0.4, -0.2) is 19.6 Å². The minimum atomic E-state index is -0.375. The van der Waals surface area contributed by atoms with Crippen molar-refractivity contribution < 1.29 is 9.53 Å². The summed E-state index contributed by atoms with van der Waals surface area (Å²) in [4.78, 5) is 13.1. The number of para-hydroxylation sites is 1. The highest BCUT2D eigenvalue weighted by atomic mass is 16.5. The molecule has 0 fully saturated rings. The molecule has 0 heterocycles. The lowest BCUT2D eigenvalue weighted by molar-refractivity contribution is -0.116. The summed E-state index contributed by atoms with van der Waals surface area (Å²) in [6.45, 7) is 0.135. The predicted molar refractivity (Wildman–Crippen MR) is 75.6 cm³/mol. The third-order valence-electron chi connectivity index (χ3n) is 2.77. The number of nitrogens with two attached hydrogens (primary N) is 1. The fourth-order valence-electron chi connectivity index (χ4n) is 1.86. The number of rotatable bonds is 5. The average Bonchev–Trinajstić information content (AvgIpc) is 2.46. The second-order valence-corrected chi connectivity index (χ2v) is 4.09. The smallest absolute Gasteiger partial charge is 0.237 e. The lowest BCUT2D eigenvalue weighted by atomic mass is 10.2. The standard InChI is InChI=1S/C15H16N2O2/c1-19-14-9-7-13(8-10-14)17(11-15(16)18)12-5-3-2-4-6-12/h2-10H,11H2,1H3,(H2,16,18). The van der Waals surface area contributed by atoms with Gasteiger partial charge < -0.3 is 15.4 Å². The molecule has 0 bridgehead atoms. The second kappa shape index (κ2) is 5.91. The zero-order valence-corrected chi connectivity index (χ0v) is 10.7. The first kappa shape index (κ1) is 13.0. The lowest BCUT2D eigenvalue weighted by Gasteiger charge is -2.23. The zero-order valence-electron chi connectivity index (χ0n) is 10.7. The van der Waals surface area contributed by atoms with E-state index in [-0.39, 0.29) is 12.5 Å². The van der Waals surface area contributed by atoms with E-state index in [1.54, 1.807) is 7.11 Å². The molecule has 0 aromatic heterocycles. The molecule has 0 aliphatic rings. The first-order chi connectivity index (χ1) is 9.20. The van der Waals surface area contributed by atoms with E-state index >= 15 is 0 Å². The Morgan fingerprint density at radius 2 is 1.63 bits per heavy atom. The quantitative estimate of drug-likeness (QED) is 0.893. The van der Waals surface area contributed by atoms with Crippen molar-refractivity contribution in [1.29, 1.82) is 0 Å². The van der Waals surface area contributed by atoms with Crippen LogP contribution >= 0.6 is 0 Å². The molecule has 2 aromatic carbocycles. The van der Waals surface area contributed by atoms with E-state index in [1.165, 1.54) is 0 Å². The first-order valence-corrected chi connectivity index (χ1v) is 5.95. The molecule has 2 rings (SSSR count). The number of hydrogen-bond donors (Lipinski definition) is 1. The molecule has 98 valence electrons. The molecule has 0 radical (unpaired) electrons. The number of amides is 1. The van der Waals surface area contributed by atoms with Crippen LogP contribution in [0.5, 0.6) is 5.75 Å². The van der Waals surface area contributed by atoms with E-state index in [1.807, 2.05) is 59.5 Å². The minimum Gasteiger partial charge on any atom is -0.497 e. The Morgan fingerprint density at radius 1 is 1.05 bits per heavy atom. The molecule has 0 spiro atoms. The summed E-state index contributed by atoms with van der Waals surface area (Å²) < 4.78 is 5.13.